The molecule has 2 aromatic carbocycles. The van der Waals surface area contributed by atoms with E-state index in [1.165, 1.54) is 0 Å². The van der Waals surface area contributed by atoms with Crippen molar-refractivity contribution < 1.29 is 14.4 Å². The summed E-state index contributed by atoms with van der Waals surface area (Å²) in [5, 5.41) is 2.66. The van der Waals surface area contributed by atoms with Crippen LogP contribution in [-0.2, 0) is 4.79 Å². The van der Waals surface area contributed by atoms with E-state index >= 15 is 0 Å². The van der Waals surface area contributed by atoms with Crippen molar-refractivity contribution in [2.45, 2.75) is 6.92 Å². The van der Waals surface area contributed by atoms with E-state index in [1.807, 2.05) is 31.2 Å². The van der Waals surface area contributed by atoms with E-state index in [1.54, 1.807) is 24.3 Å². The minimum Gasteiger partial charge on any atom is -0.350 e. The first kappa shape index (κ1) is 20.6. The Morgan fingerprint density at radius 3 is 2.64 bits per heavy atom. The number of nitrogens with zero attached hydrogens (tertiary/aromatic N) is 1. The first-order valence-electron chi connectivity index (χ1n) is 8.40. The first-order chi connectivity index (χ1) is 13.3. The number of carbonyl (C=O) groups is 3. The molecule has 8 heteroatoms. The summed E-state index contributed by atoms with van der Waals surface area (Å²) in [4.78, 5) is 38.4. The van der Waals surface area contributed by atoms with Gasteiger partial charge in [0.05, 0.1) is 15.5 Å². The number of imide groups is 1. The molecule has 1 heterocycles. The zero-order valence-corrected chi connectivity index (χ0v) is 18.0. The van der Waals surface area contributed by atoms with Crippen LogP contribution in [0.2, 0.25) is 5.02 Å². The third-order valence-electron chi connectivity index (χ3n) is 4.04. The molecule has 1 fully saturated rings. The fourth-order valence-corrected chi connectivity index (χ4v) is 3.98. The van der Waals surface area contributed by atoms with Gasteiger partial charge in [-0.25, -0.2) is 0 Å². The molecule has 0 aromatic heterocycles. The molecule has 1 aliphatic rings. The van der Waals surface area contributed by atoms with E-state index in [4.69, 9.17) is 11.6 Å². The number of halogens is 2. The van der Waals surface area contributed by atoms with Crippen LogP contribution in [0.3, 0.4) is 0 Å². The third-order valence-corrected chi connectivity index (χ3v) is 5.77. The van der Waals surface area contributed by atoms with Crippen LogP contribution >= 0.6 is 39.3 Å². The summed E-state index contributed by atoms with van der Waals surface area (Å²) >= 11 is 10.2. The second-order valence-corrected chi connectivity index (χ2v) is 8.44. The molecule has 0 saturated carbocycles. The highest BCUT2D eigenvalue weighted by Crippen LogP contribution is 2.32. The molecular formula is C20H16BrClN2O3S. The third kappa shape index (κ3) is 4.84. The Morgan fingerprint density at radius 1 is 1.21 bits per heavy atom. The summed E-state index contributed by atoms with van der Waals surface area (Å²) < 4.78 is 0.731. The molecule has 28 heavy (non-hydrogen) atoms. The average molecular weight is 480 g/mol. The predicted octanol–water partition coefficient (Wildman–Crippen LogP) is 4.88. The molecule has 0 bridgehead atoms. The standard InChI is InChI=1S/C20H16BrClN2O3S/c1-12-2-4-13(5-3-12)10-17-19(26)24(20(27)28-17)9-8-23-18(25)15-11-14(21)6-7-16(15)22/h2-7,10-11H,8-9H2,1H3,(H,23,25)/b17-10-. The number of carbonyl (C=O) groups excluding carboxylic acids is 3. The van der Waals surface area contributed by atoms with Crippen LogP contribution in [0.4, 0.5) is 4.79 Å². The van der Waals surface area contributed by atoms with Gasteiger partial charge in [-0.1, -0.05) is 57.4 Å². The number of aryl methyl sites for hydroxylation is 1. The highest BCUT2D eigenvalue weighted by molar-refractivity contribution is 9.10. The summed E-state index contributed by atoms with van der Waals surface area (Å²) in [6.07, 6.45) is 1.70. The van der Waals surface area contributed by atoms with Crippen LogP contribution in [0.5, 0.6) is 0 Å². The van der Waals surface area contributed by atoms with Crippen molar-refractivity contribution in [3.8, 4) is 0 Å². The maximum absolute atomic E-state index is 12.5. The second kappa shape index (κ2) is 8.94. The van der Waals surface area contributed by atoms with Crippen LogP contribution < -0.4 is 5.32 Å². The molecule has 0 atom stereocenters. The van der Waals surface area contributed by atoms with Gasteiger partial charge in [0, 0.05) is 17.6 Å². The van der Waals surface area contributed by atoms with Crippen molar-refractivity contribution in [2.24, 2.45) is 0 Å². The normalized spacial score (nSPS) is 15.4. The molecular weight excluding hydrogens is 464 g/mol. The quantitative estimate of drug-likeness (QED) is 0.621. The highest BCUT2D eigenvalue weighted by atomic mass is 79.9. The second-order valence-electron chi connectivity index (χ2n) is 6.12. The largest absolute Gasteiger partial charge is 0.350 e. The number of nitrogens with one attached hydrogen (secondary N) is 1. The molecule has 3 amide bonds. The van der Waals surface area contributed by atoms with Gasteiger partial charge < -0.3 is 5.32 Å². The van der Waals surface area contributed by atoms with E-state index in [0.717, 1.165) is 32.3 Å². The number of benzene rings is 2. The van der Waals surface area contributed by atoms with Crippen LogP contribution in [0.25, 0.3) is 6.08 Å². The van der Waals surface area contributed by atoms with Gasteiger partial charge in [0.2, 0.25) is 0 Å². The van der Waals surface area contributed by atoms with Gasteiger partial charge in [-0.2, -0.15) is 0 Å². The van der Waals surface area contributed by atoms with E-state index in [0.29, 0.717) is 15.5 Å². The van der Waals surface area contributed by atoms with Crippen molar-refractivity contribution in [1.82, 2.24) is 10.2 Å². The molecule has 0 radical (unpaired) electrons. The highest BCUT2D eigenvalue weighted by Gasteiger charge is 2.34. The van der Waals surface area contributed by atoms with Gasteiger partial charge in [-0.3, -0.25) is 19.3 Å². The lowest BCUT2D eigenvalue weighted by Gasteiger charge is -2.13. The molecule has 0 spiro atoms. The van der Waals surface area contributed by atoms with Gasteiger partial charge >= 0.3 is 0 Å². The van der Waals surface area contributed by atoms with Crippen molar-refractivity contribution in [1.29, 1.82) is 0 Å². The lowest BCUT2D eigenvalue weighted by atomic mass is 10.1. The Labute approximate surface area is 180 Å². The molecule has 1 saturated heterocycles. The van der Waals surface area contributed by atoms with E-state index in [-0.39, 0.29) is 30.1 Å². The van der Waals surface area contributed by atoms with E-state index < -0.39 is 0 Å². The SMILES string of the molecule is Cc1ccc(/C=C2\SC(=O)N(CCNC(=O)c3cc(Br)ccc3Cl)C2=O)cc1. The maximum atomic E-state index is 12.5. The summed E-state index contributed by atoms with van der Waals surface area (Å²) in [5.41, 5.74) is 2.30. The smallest absolute Gasteiger partial charge is 0.293 e. The summed E-state index contributed by atoms with van der Waals surface area (Å²) in [6, 6.07) is 12.6. The molecule has 1 aliphatic heterocycles. The number of rotatable bonds is 5. The van der Waals surface area contributed by atoms with Crippen molar-refractivity contribution in [3.05, 3.63) is 73.6 Å². The van der Waals surface area contributed by atoms with Gasteiger partial charge in [-0.05, 0) is 48.5 Å². The van der Waals surface area contributed by atoms with Crippen LogP contribution in [-0.4, -0.2) is 35.0 Å². The Hall–Kier alpha value is -2.09. The van der Waals surface area contributed by atoms with Gasteiger partial charge in [-0.15, -0.1) is 0 Å². The fourth-order valence-electron chi connectivity index (χ4n) is 2.55. The van der Waals surface area contributed by atoms with Gasteiger partial charge in [0.1, 0.15) is 0 Å². The number of amides is 3. The Bertz CT molecular complexity index is 976. The first-order valence-corrected chi connectivity index (χ1v) is 10.4. The summed E-state index contributed by atoms with van der Waals surface area (Å²) in [7, 11) is 0. The van der Waals surface area contributed by atoms with Crippen LogP contribution in [0.1, 0.15) is 21.5 Å². The summed E-state index contributed by atoms with van der Waals surface area (Å²) in [6.45, 7) is 2.21. The van der Waals surface area contributed by atoms with Crippen molar-refractivity contribution >= 4 is 62.4 Å². The van der Waals surface area contributed by atoms with Crippen LogP contribution in [0.15, 0.2) is 51.8 Å². The van der Waals surface area contributed by atoms with Crippen LogP contribution in [0, 0.1) is 6.92 Å². The minimum atomic E-state index is -0.367. The van der Waals surface area contributed by atoms with Crippen molar-refractivity contribution in [2.75, 3.05) is 13.1 Å². The molecule has 2 aromatic rings. The molecule has 0 aliphatic carbocycles. The molecule has 144 valence electrons. The minimum absolute atomic E-state index is 0.0905. The topological polar surface area (TPSA) is 66.5 Å². The predicted molar refractivity (Wildman–Crippen MR) is 115 cm³/mol. The lowest BCUT2D eigenvalue weighted by Crippen LogP contribution is -2.37. The summed E-state index contributed by atoms with van der Waals surface area (Å²) in [5.74, 6) is -0.723. The molecule has 0 unspecified atom stereocenters. The Kier molecular flexibility index (Phi) is 6.59. The average Bonchev–Trinajstić information content (AvgIpc) is 2.92. The Morgan fingerprint density at radius 2 is 1.93 bits per heavy atom. The van der Waals surface area contributed by atoms with Crippen molar-refractivity contribution in [3.63, 3.8) is 0 Å². The zero-order valence-electron chi connectivity index (χ0n) is 14.9. The fraction of sp³-hybridized carbons (Fsp3) is 0.150. The molecule has 1 N–H and O–H groups in total. The Balaban J connectivity index is 1.61. The molecule has 5 nitrogen and oxygen atoms in total. The number of hydrogen-bond acceptors (Lipinski definition) is 4. The monoisotopic (exact) mass is 478 g/mol. The lowest BCUT2D eigenvalue weighted by molar-refractivity contribution is -0.122. The number of thioether (sulfide) groups is 1. The maximum Gasteiger partial charge on any atom is 0.293 e. The molecule has 3 rings (SSSR count). The number of hydrogen-bond donors (Lipinski definition) is 1. The van der Waals surface area contributed by atoms with Gasteiger partial charge in [0.25, 0.3) is 17.1 Å². The van der Waals surface area contributed by atoms with E-state index in [2.05, 4.69) is 21.2 Å². The van der Waals surface area contributed by atoms with Gasteiger partial charge in [0.15, 0.2) is 0 Å². The van der Waals surface area contributed by atoms with E-state index in [9.17, 15) is 14.4 Å². The zero-order chi connectivity index (χ0) is 20.3.